The molecule has 2 saturated heterocycles. The molecule has 2 aliphatic rings. The van der Waals surface area contributed by atoms with Crippen LogP contribution in [0, 0.1) is 6.92 Å². The molecule has 0 aromatic carbocycles. The van der Waals surface area contributed by atoms with Gasteiger partial charge in [0, 0.05) is 12.6 Å². The molecule has 0 radical (unpaired) electrons. The molecule has 18 heavy (non-hydrogen) atoms. The molecule has 5 heteroatoms. The van der Waals surface area contributed by atoms with Crippen molar-refractivity contribution in [3.05, 3.63) is 11.7 Å². The first-order valence-corrected chi connectivity index (χ1v) is 7.07. The van der Waals surface area contributed by atoms with Crippen molar-refractivity contribution in [3.63, 3.8) is 0 Å². The van der Waals surface area contributed by atoms with Crippen LogP contribution in [0.5, 0.6) is 0 Å². The summed E-state index contributed by atoms with van der Waals surface area (Å²) in [5.41, 5.74) is 0. The van der Waals surface area contributed by atoms with E-state index in [1.165, 1.54) is 38.8 Å². The highest BCUT2D eigenvalue weighted by atomic mass is 16.5. The monoisotopic (exact) mass is 250 g/mol. The first-order chi connectivity index (χ1) is 8.81. The Morgan fingerprint density at radius 2 is 2.11 bits per heavy atom. The first-order valence-electron chi connectivity index (χ1n) is 7.07. The Balaban J connectivity index is 1.62. The van der Waals surface area contributed by atoms with Crippen LogP contribution in [0.3, 0.4) is 0 Å². The van der Waals surface area contributed by atoms with E-state index >= 15 is 0 Å². The number of rotatable bonds is 2. The zero-order valence-corrected chi connectivity index (χ0v) is 11.1. The molecule has 1 unspecified atom stereocenters. The van der Waals surface area contributed by atoms with Crippen LogP contribution in [0.25, 0.3) is 0 Å². The van der Waals surface area contributed by atoms with E-state index in [1.807, 2.05) is 6.92 Å². The lowest BCUT2D eigenvalue weighted by Gasteiger charge is -2.35. The van der Waals surface area contributed by atoms with Crippen LogP contribution in [-0.4, -0.2) is 52.2 Å². The quantitative estimate of drug-likeness (QED) is 0.794. The fraction of sp³-hybridized carbons (Fsp3) is 0.846. The van der Waals surface area contributed by atoms with Gasteiger partial charge in [-0.2, -0.15) is 4.98 Å². The van der Waals surface area contributed by atoms with E-state index in [9.17, 15) is 0 Å². The van der Waals surface area contributed by atoms with Crippen molar-refractivity contribution in [3.8, 4) is 0 Å². The highest BCUT2D eigenvalue weighted by Crippen LogP contribution is 2.21. The molecule has 3 rings (SSSR count). The minimum absolute atomic E-state index is 0.735. The van der Waals surface area contributed by atoms with E-state index in [4.69, 9.17) is 4.52 Å². The van der Waals surface area contributed by atoms with Gasteiger partial charge in [0.25, 0.3) is 0 Å². The molecule has 0 spiro atoms. The predicted octanol–water partition coefficient (Wildman–Crippen LogP) is 1.44. The second-order valence-electron chi connectivity index (χ2n) is 5.51. The van der Waals surface area contributed by atoms with E-state index in [1.54, 1.807) is 0 Å². The van der Waals surface area contributed by atoms with Gasteiger partial charge in [0.2, 0.25) is 5.89 Å². The molecular formula is C13H22N4O. The summed E-state index contributed by atoms with van der Waals surface area (Å²) in [6.45, 7) is 7.53. The molecule has 5 nitrogen and oxygen atoms in total. The summed E-state index contributed by atoms with van der Waals surface area (Å²) in [5.74, 6) is 1.50. The Kier molecular flexibility index (Phi) is 3.61. The lowest BCUT2D eigenvalue weighted by molar-refractivity contribution is 0.130. The average Bonchev–Trinajstić information content (AvgIpc) is 2.66. The average molecular weight is 250 g/mol. The molecule has 0 N–H and O–H groups in total. The summed E-state index contributed by atoms with van der Waals surface area (Å²) in [7, 11) is 0. The van der Waals surface area contributed by atoms with E-state index in [0.717, 1.165) is 37.4 Å². The Morgan fingerprint density at radius 1 is 1.22 bits per heavy atom. The SMILES string of the molecule is Cc1noc(CN2CCCN3CCCCC3C2)n1. The number of aromatic nitrogens is 2. The topological polar surface area (TPSA) is 45.4 Å². The highest BCUT2D eigenvalue weighted by Gasteiger charge is 2.27. The van der Waals surface area contributed by atoms with Gasteiger partial charge in [0.15, 0.2) is 5.82 Å². The Bertz CT molecular complexity index is 392. The van der Waals surface area contributed by atoms with Crippen molar-refractivity contribution in [1.82, 2.24) is 19.9 Å². The number of fused-ring (bicyclic) bond motifs is 1. The molecule has 0 bridgehead atoms. The van der Waals surface area contributed by atoms with Gasteiger partial charge < -0.3 is 4.52 Å². The van der Waals surface area contributed by atoms with E-state index < -0.39 is 0 Å². The van der Waals surface area contributed by atoms with Crippen LogP contribution >= 0.6 is 0 Å². The normalized spacial score (nSPS) is 26.8. The minimum atomic E-state index is 0.735. The van der Waals surface area contributed by atoms with Gasteiger partial charge in [-0.05, 0) is 45.8 Å². The van der Waals surface area contributed by atoms with Crippen LogP contribution in [0.1, 0.15) is 37.4 Å². The van der Waals surface area contributed by atoms with E-state index in [0.29, 0.717) is 0 Å². The number of nitrogens with zero attached hydrogens (tertiary/aromatic N) is 4. The lowest BCUT2D eigenvalue weighted by atomic mass is 10.0. The summed E-state index contributed by atoms with van der Waals surface area (Å²) in [5, 5.41) is 3.86. The van der Waals surface area contributed by atoms with Crippen LogP contribution in [0.4, 0.5) is 0 Å². The second kappa shape index (κ2) is 5.36. The van der Waals surface area contributed by atoms with Crippen molar-refractivity contribution in [1.29, 1.82) is 0 Å². The van der Waals surface area contributed by atoms with Crippen molar-refractivity contribution in [2.45, 2.75) is 45.2 Å². The smallest absolute Gasteiger partial charge is 0.240 e. The first kappa shape index (κ1) is 12.1. The third-order valence-corrected chi connectivity index (χ3v) is 4.07. The molecule has 0 saturated carbocycles. The minimum Gasteiger partial charge on any atom is -0.338 e. The van der Waals surface area contributed by atoms with Gasteiger partial charge in [0.1, 0.15) is 0 Å². The molecular weight excluding hydrogens is 228 g/mol. The lowest BCUT2D eigenvalue weighted by Crippen LogP contribution is -2.43. The molecule has 1 aromatic heterocycles. The van der Waals surface area contributed by atoms with Crippen molar-refractivity contribution in [2.24, 2.45) is 0 Å². The number of aryl methyl sites for hydroxylation is 1. The summed E-state index contributed by atoms with van der Waals surface area (Å²) in [4.78, 5) is 9.45. The van der Waals surface area contributed by atoms with Gasteiger partial charge >= 0.3 is 0 Å². The molecule has 2 fully saturated rings. The summed E-state index contributed by atoms with van der Waals surface area (Å²) in [6, 6.07) is 0.741. The number of hydrogen-bond donors (Lipinski definition) is 0. The van der Waals surface area contributed by atoms with Crippen LogP contribution < -0.4 is 0 Å². The van der Waals surface area contributed by atoms with Gasteiger partial charge in [0.05, 0.1) is 6.54 Å². The molecule has 100 valence electrons. The van der Waals surface area contributed by atoms with E-state index in [-0.39, 0.29) is 0 Å². The van der Waals surface area contributed by atoms with Gasteiger partial charge in [-0.3, -0.25) is 9.80 Å². The fourth-order valence-electron chi connectivity index (χ4n) is 3.19. The number of piperidine rings is 1. The summed E-state index contributed by atoms with van der Waals surface area (Å²) >= 11 is 0. The molecule has 0 aliphatic carbocycles. The largest absolute Gasteiger partial charge is 0.338 e. The highest BCUT2D eigenvalue weighted by molar-refractivity contribution is 4.87. The summed E-state index contributed by atoms with van der Waals surface area (Å²) < 4.78 is 5.23. The van der Waals surface area contributed by atoms with Gasteiger partial charge in [-0.15, -0.1) is 0 Å². The maximum Gasteiger partial charge on any atom is 0.240 e. The Morgan fingerprint density at radius 3 is 2.94 bits per heavy atom. The van der Waals surface area contributed by atoms with E-state index in [2.05, 4.69) is 19.9 Å². The Hall–Kier alpha value is -0.940. The zero-order valence-electron chi connectivity index (χ0n) is 11.1. The van der Waals surface area contributed by atoms with Gasteiger partial charge in [-0.1, -0.05) is 11.6 Å². The standard InChI is InChI=1S/C13H22N4O/c1-11-14-13(18-15-11)10-16-6-4-8-17-7-3-2-5-12(17)9-16/h12H,2-10H2,1H3. The number of hydrogen-bond acceptors (Lipinski definition) is 5. The van der Waals surface area contributed by atoms with Crippen LogP contribution in [0.15, 0.2) is 4.52 Å². The third-order valence-electron chi connectivity index (χ3n) is 4.07. The molecule has 0 amide bonds. The predicted molar refractivity (Wildman–Crippen MR) is 68.1 cm³/mol. The molecule has 1 aromatic rings. The molecule has 2 aliphatic heterocycles. The fourth-order valence-corrected chi connectivity index (χ4v) is 3.19. The maximum atomic E-state index is 5.23. The summed E-state index contributed by atoms with van der Waals surface area (Å²) in [6.07, 6.45) is 5.36. The third kappa shape index (κ3) is 2.72. The van der Waals surface area contributed by atoms with Crippen molar-refractivity contribution < 1.29 is 4.52 Å². The van der Waals surface area contributed by atoms with Crippen LogP contribution in [-0.2, 0) is 6.54 Å². The Labute approximate surface area is 108 Å². The van der Waals surface area contributed by atoms with Crippen molar-refractivity contribution in [2.75, 3.05) is 26.2 Å². The molecule has 3 heterocycles. The van der Waals surface area contributed by atoms with Gasteiger partial charge in [-0.25, -0.2) is 0 Å². The maximum absolute atomic E-state index is 5.23. The molecule has 1 atom stereocenters. The van der Waals surface area contributed by atoms with Crippen LogP contribution in [0.2, 0.25) is 0 Å². The van der Waals surface area contributed by atoms with Crippen molar-refractivity contribution >= 4 is 0 Å². The zero-order chi connectivity index (χ0) is 12.4. The second-order valence-corrected chi connectivity index (χ2v) is 5.51.